The Morgan fingerprint density at radius 2 is 1.65 bits per heavy atom. The van der Waals surface area contributed by atoms with Crippen LogP contribution in [0.4, 0.5) is 10.8 Å². The van der Waals surface area contributed by atoms with Gasteiger partial charge in [0.2, 0.25) is 16.2 Å². The van der Waals surface area contributed by atoms with Crippen LogP contribution < -0.4 is 9.80 Å². The van der Waals surface area contributed by atoms with Crippen molar-refractivity contribution >= 4 is 39.7 Å². The van der Waals surface area contributed by atoms with Crippen LogP contribution in [0.5, 0.6) is 0 Å². The predicted molar refractivity (Wildman–Crippen MR) is 124 cm³/mol. The monoisotopic (exact) mass is 456 g/mol. The summed E-state index contributed by atoms with van der Waals surface area (Å²) in [6.45, 7) is 4.86. The van der Waals surface area contributed by atoms with Crippen LogP contribution in [0.15, 0.2) is 48.8 Å². The summed E-state index contributed by atoms with van der Waals surface area (Å²) in [5.74, 6) is 0.297. The van der Waals surface area contributed by atoms with Crippen LogP contribution in [0.1, 0.15) is 12.8 Å². The van der Waals surface area contributed by atoms with E-state index in [2.05, 4.69) is 20.0 Å². The fraction of sp³-hybridized carbons (Fsp3) is 0.409. The van der Waals surface area contributed by atoms with E-state index in [0.717, 1.165) is 73.1 Å². The molecule has 0 N–H and O–H groups in total. The Kier molecular flexibility index (Phi) is 5.82. The molecule has 0 aliphatic carbocycles. The van der Waals surface area contributed by atoms with E-state index in [4.69, 9.17) is 11.6 Å². The first-order valence-corrected chi connectivity index (χ1v) is 11.9. The molecule has 2 aliphatic heterocycles. The van der Waals surface area contributed by atoms with Crippen molar-refractivity contribution in [3.8, 4) is 5.13 Å². The van der Waals surface area contributed by atoms with Gasteiger partial charge in [0.05, 0.1) is 5.92 Å². The van der Waals surface area contributed by atoms with Gasteiger partial charge in [-0.3, -0.25) is 9.36 Å². The number of aromatic nitrogens is 3. The molecule has 4 heterocycles. The molecule has 31 heavy (non-hydrogen) atoms. The Morgan fingerprint density at radius 3 is 2.39 bits per heavy atom. The summed E-state index contributed by atoms with van der Waals surface area (Å²) in [4.78, 5) is 19.8. The van der Waals surface area contributed by atoms with Crippen molar-refractivity contribution in [2.45, 2.75) is 12.8 Å². The van der Waals surface area contributed by atoms with Gasteiger partial charge in [0.1, 0.15) is 0 Å². The topological polar surface area (TPSA) is 57.5 Å². The average Bonchev–Trinajstić information content (AvgIpc) is 3.52. The van der Waals surface area contributed by atoms with Gasteiger partial charge in [-0.2, -0.15) is 0 Å². The quantitative estimate of drug-likeness (QED) is 0.601. The van der Waals surface area contributed by atoms with Crippen LogP contribution in [0.3, 0.4) is 0 Å². The molecule has 1 atom stereocenters. The number of amides is 1. The lowest BCUT2D eigenvalue weighted by Gasteiger charge is -2.39. The van der Waals surface area contributed by atoms with E-state index in [-0.39, 0.29) is 11.8 Å². The van der Waals surface area contributed by atoms with E-state index in [1.165, 1.54) is 0 Å². The fourth-order valence-electron chi connectivity index (χ4n) is 4.35. The minimum atomic E-state index is 0.0229. The van der Waals surface area contributed by atoms with Gasteiger partial charge in [-0.05, 0) is 49.2 Å². The number of carbonyl (C=O) groups is 1. The van der Waals surface area contributed by atoms with E-state index < -0.39 is 0 Å². The summed E-state index contributed by atoms with van der Waals surface area (Å²) in [5, 5.41) is 11.2. The van der Waals surface area contributed by atoms with Crippen LogP contribution in [0, 0.1) is 5.92 Å². The molecule has 0 radical (unpaired) electrons. The van der Waals surface area contributed by atoms with Gasteiger partial charge in [-0.15, -0.1) is 10.2 Å². The first-order chi connectivity index (χ1) is 15.2. The first-order valence-electron chi connectivity index (χ1n) is 10.7. The highest BCUT2D eigenvalue weighted by Crippen LogP contribution is 2.29. The third kappa shape index (κ3) is 4.41. The van der Waals surface area contributed by atoms with Crippen LogP contribution >= 0.6 is 22.9 Å². The van der Waals surface area contributed by atoms with Gasteiger partial charge in [0, 0.05) is 62.4 Å². The summed E-state index contributed by atoms with van der Waals surface area (Å²) in [7, 11) is 0. The number of hydrogen-bond acceptors (Lipinski definition) is 6. The smallest absolute Gasteiger partial charge is 0.227 e. The normalized spacial score (nSPS) is 19.6. The molecule has 0 unspecified atom stereocenters. The highest BCUT2D eigenvalue weighted by atomic mass is 35.5. The molecule has 9 heteroatoms. The third-order valence-electron chi connectivity index (χ3n) is 6.05. The number of nitrogens with zero attached hydrogens (tertiary/aromatic N) is 6. The molecular weight excluding hydrogens is 432 g/mol. The van der Waals surface area contributed by atoms with Crippen molar-refractivity contribution < 1.29 is 4.79 Å². The second kappa shape index (κ2) is 8.88. The Morgan fingerprint density at radius 1 is 0.935 bits per heavy atom. The lowest BCUT2D eigenvalue weighted by atomic mass is 9.96. The van der Waals surface area contributed by atoms with Gasteiger partial charge in [-0.25, -0.2) is 0 Å². The minimum absolute atomic E-state index is 0.0229. The Bertz CT molecular complexity index is 1010. The van der Waals surface area contributed by atoms with Crippen molar-refractivity contribution in [3.05, 3.63) is 53.8 Å². The molecule has 0 saturated carbocycles. The number of piperidine rings is 1. The minimum Gasteiger partial charge on any atom is -0.368 e. The molecule has 5 rings (SSSR count). The summed E-state index contributed by atoms with van der Waals surface area (Å²) in [5.41, 5.74) is 1.16. The molecule has 2 aliphatic rings. The van der Waals surface area contributed by atoms with Gasteiger partial charge < -0.3 is 14.7 Å². The lowest BCUT2D eigenvalue weighted by Crippen LogP contribution is -2.52. The summed E-state index contributed by atoms with van der Waals surface area (Å²) >= 11 is 7.57. The van der Waals surface area contributed by atoms with E-state index in [1.54, 1.807) is 11.3 Å². The van der Waals surface area contributed by atoms with Crippen molar-refractivity contribution in [1.82, 2.24) is 19.7 Å². The largest absolute Gasteiger partial charge is 0.368 e. The van der Waals surface area contributed by atoms with Crippen LogP contribution in [-0.2, 0) is 4.79 Å². The number of hydrogen-bond donors (Lipinski definition) is 0. The number of carbonyl (C=O) groups excluding carboxylic acids is 1. The summed E-state index contributed by atoms with van der Waals surface area (Å²) in [6, 6.07) is 11.9. The molecule has 0 spiro atoms. The molecule has 7 nitrogen and oxygen atoms in total. The SMILES string of the molecule is O=C([C@H]1CCCN(c2nnc(-n3cccc3)s2)C1)N1CCN(c2ccc(Cl)cc2)CC1. The van der Waals surface area contributed by atoms with Gasteiger partial charge in [-0.1, -0.05) is 22.9 Å². The zero-order valence-electron chi connectivity index (χ0n) is 17.2. The average molecular weight is 457 g/mol. The molecule has 2 aromatic heterocycles. The van der Waals surface area contributed by atoms with Gasteiger partial charge in [0.15, 0.2) is 0 Å². The number of halogens is 1. The number of piperazine rings is 1. The molecule has 1 amide bonds. The summed E-state index contributed by atoms with van der Waals surface area (Å²) < 4.78 is 1.97. The van der Waals surface area contributed by atoms with E-state index in [9.17, 15) is 4.79 Å². The summed E-state index contributed by atoms with van der Waals surface area (Å²) in [6.07, 6.45) is 5.88. The van der Waals surface area contributed by atoms with Gasteiger partial charge >= 0.3 is 0 Å². The maximum absolute atomic E-state index is 13.2. The zero-order chi connectivity index (χ0) is 21.2. The third-order valence-corrected chi connectivity index (χ3v) is 7.30. The van der Waals surface area contributed by atoms with Crippen LogP contribution in [0.25, 0.3) is 5.13 Å². The van der Waals surface area contributed by atoms with E-state index >= 15 is 0 Å². The Hall–Kier alpha value is -2.58. The first kappa shape index (κ1) is 20.3. The van der Waals surface area contributed by atoms with Gasteiger partial charge in [0.25, 0.3) is 0 Å². The van der Waals surface area contributed by atoms with E-state index in [0.29, 0.717) is 0 Å². The van der Waals surface area contributed by atoms with Crippen molar-refractivity contribution in [2.75, 3.05) is 49.1 Å². The lowest BCUT2D eigenvalue weighted by molar-refractivity contribution is -0.136. The van der Waals surface area contributed by atoms with Crippen molar-refractivity contribution in [3.63, 3.8) is 0 Å². The highest BCUT2D eigenvalue weighted by Gasteiger charge is 2.32. The molecular formula is C22H25ClN6OS. The maximum Gasteiger partial charge on any atom is 0.227 e. The number of benzene rings is 1. The zero-order valence-corrected chi connectivity index (χ0v) is 18.8. The standard InChI is InChI=1S/C22H25ClN6OS/c23-18-5-7-19(8-6-18)26-12-14-27(15-13-26)20(30)17-4-3-11-29(16-17)22-25-24-21(31-22)28-9-1-2-10-28/h1-2,5-10,17H,3-4,11-16H2/t17-/m0/s1. The molecule has 2 fully saturated rings. The number of rotatable bonds is 4. The second-order valence-corrected chi connectivity index (χ2v) is 9.40. The fourth-order valence-corrected chi connectivity index (χ4v) is 5.32. The molecule has 0 bridgehead atoms. The Balaban J connectivity index is 1.19. The molecule has 162 valence electrons. The highest BCUT2D eigenvalue weighted by molar-refractivity contribution is 7.17. The Labute approximate surface area is 190 Å². The molecule has 3 aromatic rings. The van der Waals surface area contributed by atoms with Crippen LogP contribution in [0.2, 0.25) is 5.02 Å². The van der Waals surface area contributed by atoms with Crippen molar-refractivity contribution in [2.24, 2.45) is 5.92 Å². The van der Waals surface area contributed by atoms with E-state index in [1.807, 2.05) is 58.3 Å². The maximum atomic E-state index is 13.2. The molecule has 1 aromatic carbocycles. The molecule has 2 saturated heterocycles. The second-order valence-electron chi connectivity index (χ2n) is 8.03. The predicted octanol–water partition coefficient (Wildman–Crippen LogP) is 3.55. The van der Waals surface area contributed by atoms with Crippen molar-refractivity contribution in [1.29, 1.82) is 0 Å². The number of anilines is 2. The van der Waals surface area contributed by atoms with Crippen LogP contribution in [-0.4, -0.2) is 64.8 Å².